The van der Waals surface area contributed by atoms with Gasteiger partial charge in [-0.3, -0.25) is 5.32 Å². The molecule has 2 fully saturated rings. The number of hydrogen-bond acceptors (Lipinski definition) is 4. The van der Waals surface area contributed by atoms with Crippen molar-refractivity contribution in [1.29, 1.82) is 0 Å². The Hall–Kier alpha value is -0.160. The first-order chi connectivity index (χ1) is 7.31. The molecule has 0 spiro atoms. The van der Waals surface area contributed by atoms with Crippen molar-refractivity contribution in [2.24, 2.45) is 5.92 Å². The Kier molecular flexibility index (Phi) is 3.97. The highest BCUT2D eigenvalue weighted by Crippen LogP contribution is 2.24. The van der Waals surface area contributed by atoms with Crippen LogP contribution in [0.3, 0.4) is 0 Å². The van der Waals surface area contributed by atoms with Crippen molar-refractivity contribution < 1.29 is 4.74 Å². The molecule has 2 saturated heterocycles. The summed E-state index contributed by atoms with van der Waals surface area (Å²) in [6.45, 7) is 4.53. The average Bonchev–Trinajstić information content (AvgIpc) is 2.30. The molecule has 15 heavy (non-hydrogen) atoms. The molecule has 2 heterocycles. The van der Waals surface area contributed by atoms with Gasteiger partial charge in [-0.1, -0.05) is 0 Å². The van der Waals surface area contributed by atoms with E-state index in [2.05, 4.69) is 22.6 Å². The highest BCUT2D eigenvalue weighted by Gasteiger charge is 2.31. The number of rotatable bonds is 2. The van der Waals surface area contributed by atoms with Gasteiger partial charge in [-0.25, -0.2) is 0 Å². The molecule has 3 atom stereocenters. The normalized spacial score (nSPS) is 39.2. The minimum absolute atomic E-state index is 0.263. The van der Waals surface area contributed by atoms with Crippen LogP contribution in [-0.4, -0.2) is 57.5 Å². The number of hydrogen-bond donors (Lipinski definition) is 2. The minimum atomic E-state index is 0.263. The van der Waals surface area contributed by atoms with Crippen LogP contribution in [0.1, 0.15) is 12.8 Å². The molecule has 2 aliphatic heterocycles. The highest BCUT2D eigenvalue weighted by atomic mass is 16.5. The molecule has 2 N–H and O–H groups in total. The zero-order valence-electron chi connectivity index (χ0n) is 9.83. The summed E-state index contributed by atoms with van der Waals surface area (Å²) in [5, 5.41) is 6.88. The lowest BCUT2D eigenvalue weighted by atomic mass is 9.87. The van der Waals surface area contributed by atoms with Gasteiger partial charge in [0, 0.05) is 32.8 Å². The second kappa shape index (κ2) is 5.25. The third-order valence-corrected chi connectivity index (χ3v) is 3.79. The minimum Gasteiger partial charge on any atom is -0.367 e. The van der Waals surface area contributed by atoms with Gasteiger partial charge >= 0.3 is 0 Å². The number of nitrogens with one attached hydrogen (secondary N) is 2. The molecule has 0 aromatic heterocycles. The maximum absolute atomic E-state index is 5.40. The Morgan fingerprint density at radius 1 is 1.33 bits per heavy atom. The molecule has 0 aromatic rings. The van der Waals surface area contributed by atoms with E-state index in [9.17, 15) is 0 Å². The second-order valence-electron chi connectivity index (χ2n) is 4.72. The molecule has 0 bridgehead atoms. The van der Waals surface area contributed by atoms with Crippen LogP contribution in [0.15, 0.2) is 0 Å². The lowest BCUT2D eigenvalue weighted by Gasteiger charge is -2.41. The zero-order valence-corrected chi connectivity index (χ0v) is 9.83. The molecule has 0 radical (unpaired) electrons. The van der Waals surface area contributed by atoms with Gasteiger partial charge in [0.05, 0.1) is 0 Å². The Bertz CT molecular complexity index is 200. The van der Waals surface area contributed by atoms with Gasteiger partial charge in [-0.05, 0) is 32.4 Å². The van der Waals surface area contributed by atoms with Crippen molar-refractivity contribution in [3.8, 4) is 0 Å². The number of ether oxygens (including phenoxy) is 1. The summed E-state index contributed by atoms with van der Waals surface area (Å²) in [6, 6.07) is 0.693. The summed E-state index contributed by atoms with van der Waals surface area (Å²) < 4.78 is 5.40. The molecule has 88 valence electrons. The Labute approximate surface area is 92.4 Å². The third kappa shape index (κ3) is 2.69. The Balaban J connectivity index is 1.90. The van der Waals surface area contributed by atoms with Crippen molar-refractivity contribution in [3.05, 3.63) is 0 Å². The number of methoxy groups -OCH3 is 1. The Morgan fingerprint density at radius 3 is 2.93 bits per heavy atom. The van der Waals surface area contributed by atoms with E-state index >= 15 is 0 Å². The SMILES string of the molecule is COC1CC(C2CNCCN2C)CCN1. The van der Waals surface area contributed by atoms with Crippen LogP contribution in [0.4, 0.5) is 0 Å². The summed E-state index contributed by atoms with van der Waals surface area (Å²) in [4.78, 5) is 2.50. The second-order valence-corrected chi connectivity index (χ2v) is 4.72. The van der Waals surface area contributed by atoms with Crippen LogP contribution in [0.25, 0.3) is 0 Å². The van der Waals surface area contributed by atoms with Crippen LogP contribution >= 0.6 is 0 Å². The maximum atomic E-state index is 5.40. The van der Waals surface area contributed by atoms with E-state index in [1.54, 1.807) is 7.11 Å². The Morgan fingerprint density at radius 2 is 2.20 bits per heavy atom. The molecule has 0 aliphatic carbocycles. The van der Waals surface area contributed by atoms with E-state index in [-0.39, 0.29) is 6.23 Å². The third-order valence-electron chi connectivity index (χ3n) is 3.79. The largest absolute Gasteiger partial charge is 0.367 e. The predicted octanol–water partition coefficient (Wildman–Crippen LogP) is -0.138. The fraction of sp³-hybridized carbons (Fsp3) is 1.00. The van der Waals surface area contributed by atoms with Crippen LogP contribution in [0.5, 0.6) is 0 Å². The molecule has 2 aliphatic rings. The van der Waals surface area contributed by atoms with Crippen molar-refractivity contribution in [3.63, 3.8) is 0 Å². The summed E-state index contributed by atoms with van der Waals surface area (Å²) in [6.07, 6.45) is 2.68. The molecule has 4 heteroatoms. The van der Waals surface area contributed by atoms with Gasteiger partial charge in [0.15, 0.2) is 0 Å². The van der Waals surface area contributed by atoms with Gasteiger partial charge in [0.25, 0.3) is 0 Å². The summed E-state index contributed by atoms with van der Waals surface area (Å²) in [7, 11) is 4.04. The summed E-state index contributed by atoms with van der Waals surface area (Å²) >= 11 is 0. The number of likely N-dealkylation sites (N-methyl/N-ethyl adjacent to an activating group) is 1. The first-order valence-corrected chi connectivity index (χ1v) is 5.98. The van der Waals surface area contributed by atoms with E-state index in [4.69, 9.17) is 4.74 Å². The van der Waals surface area contributed by atoms with E-state index in [1.807, 2.05) is 0 Å². The zero-order chi connectivity index (χ0) is 10.7. The van der Waals surface area contributed by atoms with E-state index in [0.717, 1.165) is 32.0 Å². The van der Waals surface area contributed by atoms with E-state index in [1.165, 1.54) is 13.0 Å². The van der Waals surface area contributed by atoms with Crippen molar-refractivity contribution in [2.45, 2.75) is 25.1 Å². The number of piperidine rings is 1. The molecule has 0 amide bonds. The van der Waals surface area contributed by atoms with Gasteiger partial charge in [-0.2, -0.15) is 0 Å². The molecule has 4 nitrogen and oxygen atoms in total. The van der Waals surface area contributed by atoms with Crippen molar-refractivity contribution >= 4 is 0 Å². The van der Waals surface area contributed by atoms with Gasteiger partial charge in [0.2, 0.25) is 0 Å². The topological polar surface area (TPSA) is 36.5 Å². The fourth-order valence-electron chi connectivity index (χ4n) is 2.79. The predicted molar refractivity (Wildman–Crippen MR) is 60.8 cm³/mol. The molecule has 2 rings (SSSR count). The van der Waals surface area contributed by atoms with Crippen LogP contribution in [0, 0.1) is 5.92 Å². The lowest BCUT2D eigenvalue weighted by Crippen LogP contribution is -2.55. The standard InChI is InChI=1S/C11H23N3O/c1-14-6-5-12-8-10(14)9-3-4-13-11(7-9)15-2/h9-13H,3-8H2,1-2H3. The summed E-state index contributed by atoms with van der Waals surface area (Å²) in [5.41, 5.74) is 0. The fourth-order valence-corrected chi connectivity index (χ4v) is 2.79. The molecule has 0 saturated carbocycles. The van der Waals surface area contributed by atoms with E-state index in [0.29, 0.717) is 6.04 Å². The van der Waals surface area contributed by atoms with Crippen molar-refractivity contribution in [1.82, 2.24) is 15.5 Å². The van der Waals surface area contributed by atoms with Gasteiger partial charge < -0.3 is 15.0 Å². The number of nitrogens with zero attached hydrogens (tertiary/aromatic N) is 1. The van der Waals surface area contributed by atoms with Gasteiger partial charge in [0.1, 0.15) is 6.23 Å². The molecular weight excluding hydrogens is 190 g/mol. The smallest absolute Gasteiger partial charge is 0.108 e. The summed E-state index contributed by atoms with van der Waals surface area (Å²) in [5.74, 6) is 0.772. The van der Waals surface area contributed by atoms with Crippen LogP contribution in [-0.2, 0) is 4.74 Å². The molecular formula is C11H23N3O. The monoisotopic (exact) mass is 213 g/mol. The highest BCUT2D eigenvalue weighted by molar-refractivity contribution is 4.87. The van der Waals surface area contributed by atoms with Gasteiger partial charge in [-0.15, -0.1) is 0 Å². The molecule has 0 aromatic carbocycles. The molecule has 3 unspecified atom stereocenters. The van der Waals surface area contributed by atoms with E-state index < -0.39 is 0 Å². The lowest BCUT2D eigenvalue weighted by molar-refractivity contribution is 0.00815. The maximum Gasteiger partial charge on any atom is 0.108 e. The quantitative estimate of drug-likeness (QED) is 0.669. The van der Waals surface area contributed by atoms with Crippen molar-refractivity contribution in [2.75, 3.05) is 40.3 Å². The average molecular weight is 213 g/mol. The first kappa shape index (κ1) is 11.3. The van der Waals surface area contributed by atoms with Crippen LogP contribution < -0.4 is 10.6 Å². The van der Waals surface area contributed by atoms with Crippen LogP contribution in [0.2, 0.25) is 0 Å². The number of piperazine rings is 1. The first-order valence-electron chi connectivity index (χ1n) is 5.98.